The first kappa shape index (κ1) is 12.0. The fraction of sp³-hybridized carbons (Fsp3) is 0.857. The minimum atomic E-state index is -1.97. The molecule has 0 spiro atoms. The molecular formula is C7H14NO2S2-. The van der Waals surface area contributed by atoms with Gasteiger partial charge >= 0.3 is 0 Å². The molecular weight excluding hydrogens is 194 g/mol. The topological polar surface area (TPSA) is 52.2 Å². The zero-order valence-electron chi connectivity index (χ0n) is 7.33. The normalized spacial score (nSPS) is 13.0. The van der Waals surface area contributed by atoms with Gasteiger partial charge in [0.1, 0.15) is 0 Å². The SMILES string of the molecule is CC(C)CC(=S)NCCS(=O)[O-]. The van der Waals surface area contributed by atoms with E-state index in [1.54, 1.807) is 0 Å². The Labute approximate surface area is 81.2 Å². The Morgan fingerprint density at radius 1 is 1.67 bits per heavy atom. The van der Waals surface area contributed by atoms with E-state index in [4.69, 9.17) is 12.2 Å². The van der Waals surface area contributed by atoms with Gasteiger partial charge in [0.05, 0.1) is 4.99 Å². The highest BCUT2D eigenvalue weighted by Crippen LogP contribution is 1.99. The number of hydrogen-bond acceptors (Lipinski definition) is 3. The van der Waals surface area contributed by atoms with Crippen LogP contribution in [0.15, 0.2) is 0 Å². The zero-order valence-corrected chi connectivity index (χ0v) is 8.96. The van der Waals surface area contributed by atoms with Crippen molar-refractivity contribution in [3.05, 3.63) is 0 Å². The van der Waals surface area contributed by atoms with E-state index in [2.05, 4.69) is 19.2 Å². The van der Waals surface area contributed by atoms with Gasteiger partial charge in [-0.2, -0.15) is 0 Å². The van der Waals surface area contributed by atoms with E-state index in [1.807, 2.05) is 0 Å². The second-order valence-electron chi connectivity index (χ2n) is 2.96. The van der Waals surface area contributed by atoms with Gasteiger partial charge in [-0.05, 0) is 5.92 Å². The Kier molecular flexibility index (Phi) is 6.51. The molecule has 0 fully saturated rings. The fourth-order valence-corrected chi connectivity index (χ4v) is 1.42. The van der Waals surface area contributed by atoms with E-state index < -0.39 is 11.1 Å². The lowest BCUT2D eigenvalue weighted by molar-refractivity contribution is 0.536. The Morgan fingerprint density at radius 2 is 2.25 bits per heavy atom. The standard InChI is InChI=1S/C7H15NO2S2/c1-6(2)5-7(11)8-3-4-12(9)10/h6H,3-5H2,1-2H3,(H,8,11)(H,9,10)/p-1. The van der Waals surface area contributed by atoms with Crippen molar-refractivity contribution in [2.45, 2.75) is 20.3 Å². The van der Waals surface area contributed by atoms with Crippen LogP contribution in [-0.2, 0) is 11.1 Å². The van der Waals surface area contributed by atoms with Crippen molar-refractivity contribution in [3.8, 4) is 0 Å². The number of nitrogens with one attached hydrogen (secondary N) is 1. The number of hydrogen-bond donors (Lipinski definition) is 1. The van der Waals surface area contributed by atoms with Crippen LogP contribution in [0.3, 0.4) is 0 Å². The van der Waals surface area contributed by atoms with E-state index in [-0.39, 0.29) is 5.75 Å². The molecule has 1 N–H and O–H groups in total. The highest BCUT2D eigenvalue weighted by atomic mass is 32.2. The summed E-state index contributed by atoms with van der Waals surface area (Å²) in [5.41, 5.74) is 0. The predicted molar refractivity (Wildman–Crippen MR) is 53.8 cm³/mol. The summed E-state index contributed by atoms with van der Waals surface area (Å²) in [6.45, 7) is 4.56. The number of rotatable bonds is 5. The molecule has 5 heteroatoms. The van der Waals surface area contributed by atoms with E-state index in [9.17, 15) is 8.76 Å². The van der Waals surface area contributed by atoms with E-state index in [1.165, 1.54) is 0 Å². The molecule has 0 bridgehead atoms. The average molecular weight is 208 g/mol. The number of thiocarbonyl (C=S) groups is 1. The fourth-order valence-electron chi connectivity index (χ4n) is 0.717. The van der Waals surface area contributed by atoms with Crippen molar-refractivity contribution in [1.82, 2.24) is 5.32 Å². The van der Waals surface area contributed by atoms with E-state index >= 15 is 0 Å². The van der Waals surface area contributed by atoms with Crippen LogP contribution in [0.25, 0.3) is 0 Å². The van der Waals surface area contributed by atoms with Crippen LogP contribution in [0.5, 0.6) is 0 Å². The van der Waals surface area contributed by atoms with Crippen LogP contribution in [0.1, 0.15) is 20.3 Å². The molecule has 0 saturated carbocycles. The van der Waals surface area contributed by atoms with Crippen LogP contribution >= 0.6 is 12.2 Å². The summed E-state index contributed by atoms with van der Waals surface area (Å²) >= 11 is 3.00. The van der Waals surface area contributed by atoms with Crippen LogP contribution in [0, 0.1) is 5.92 Å². The largest absolute Gasteiger partial charge is 0.772 e. The molecule has 3 nitrogen and oxygen atoms in total. The minimum Gasteiger partial charge on any atom is -0.772 e. The van der Waals surface area contributed by atoms with Crippen LogP contribution < -0.4 is 5.32 Å². The van der Waals surface area contributed by atoms with Gasteiger partial charge in [-0.25, -0.2) is 0 Å². The second-order valence-corrected chi connectivity index (χ2v) is 4.46. The molecule has 0 rings (SSSR count). The molecule has 12 heavy (non-hydrogen) atoms. The maximum atomic E-state index is 10.1. The third-order valence-electron chi connectivity index (χ3n) is 1.18. The van der Waals surface area contributed by atoms with Gasteiger partial charge in [-0.1, -0.05) is 37.1 Å². The third kappa shape index (κ3) is 8.10. The van der Waals surface area contributed by atoms with Gasteiger partial charge in [0.25, 0.3) is 0 Å². The quantitative estimate of drug-likeness (QED) is 0.537. The van der Waals surface area contributed by atoms with Crippen molar-refractivity contribution in [3.63, 3.8) is 0 Å². The van der Waals surface area contributed by atoms with Crippen molar-refractivity contribution in [2.75, 3.05) is 12.3 Å². The minimum absolute atomic E-state index is 0.123. The first-order valence-corrected chi connectivity index (χ1v) is 5.50. The molecule has 1 unspecified atom stereocenters. The smallest absolute Gasteiger partial charge is 0.0756 e. The molecule has 1 atom stereocenters. The molecule has 0 aliphatic rings. The summed E-state index contributed by atoms with van der Waals surface area (Å²) in [5, 5.41) is 2.88. The van der Waals surface area contributed by atoms with Gasteiger partial charge in [0.15, 0.2) is 0 Å². The monoisotopic (exact) mass is 208 g/mol. The van der Waals surface area contributed by atoms with Crippen molar-refractivity contribution >= 4 is 28.3 Å². The first-order valence-electron chi connectivity index (χ1n) is 3.85. The molecule has 0 amide bonds. The maximum Gasteiger partial charge on any atom is 0.0756 e. The lowest BCUT2D eigenvalue weighted by Gasteiger charge is -2.10. The summed E-state index contributed by atoms with van der Waals surface area (Å²) < 4.78 is 20.2. The lowest BCUT2D eigenvalue weighted by atomic mass is 10.1. The van der Waals surface area contributed by atoms with Crippen LogP contribution in [0.4, 0.5) is 0 Å². The molecule has 0 aliphatic heterocycles. The molecule has 0 aliphatic carbocycles. The Balaban J connectivity index is 3.38. The lowest BCUT2D eigenvalue weighted by Crippen LogP contribution is -2.26. The summed E-state index contributed by atoms with van der Waals surface area (Å²) in [6.07, 6.45) is 0.820. The molecule has 72 valence electrons. The molecule has 0 saturated heterocycles. The first-order chi connectivity index (χ1) is 5.52. The second kappa shape index (κ2) is 6.51. The predicted octanol–water partition coefficient (Wildman–Crippen LogP) is 0.829. The maximum absolute atomic E-state index is 10.1. The Bertz CT molecular complexity index is 171. The Hall–Kier alpha value is -0.0000000000000000486. The van der Waals surface area contributed by atoms with Crippen LogP contribution in [0.2, 0.25) is 0 Å². The van der Waals surface area contributed by atoms with Crippen molar-refractivity contribution in [1.29, 1.82) is 0 Å². The summed E-state index contributed by atoms with van der Waals surface area (Å²) in [4.78, 5) is 0.746. The van der Waals surface area contributed by atoms with Gasteiger partial charge in [0.2, 0.25) is 0 Å². The zero-order chi connectivity index (χ0) is 9.56. The Morgan fingerprint density at radius 3 is 2.67 bits per heavy atom. The average Bonchev–Trinajstić information content (AvgIpc) is 1.84. The summed E-state index contributed by atoms with van der Waals surface area (Å²) in [5.74, 6) is 0.640. The molecule has 0 aromatic heterocycles. The van der Waals surface area contributed by atoms with E-state index in [0.29, 0.717) is 12.5 Å². The van der Waals surface area contributed by atoms with Gasteiger partial charge in [-0.3, -0.25) is 4.21 Å². The van der Waals surface area contributed by atoms with Gasteiger partial charge < -0.3 is 9.87 Å². The van der Waals surface area contributed by atoms with E-state index in [0.717, 1.165) is 11.4 Å². The molecule has 0 radical (unpaired) electrons. The van der Waals surface area contributed by atoms with Crippen LogP contribution in [-0.4, -0.2) is 26.0 Å². The van der Waals surface area contributed by atoms with Crippen molar-refractivity contribution in [2.24, 2.45) is 5.92 Å². The summed E-state index contributed by atoms with van der Waals surface area (Å²) in [7, 11) is 0. The molecule has 0 aromatic carbocycles. The van der Waals surface area contributed by atoms with Crippen molar-refractivity contribution < 1.29 is 8.76 Å². The summed E-state index contributed by atoms with van der Waals surface area (Å²) in [6, 6.07) is 0. The third-order valence-corrected chi connectivity index (χ3v) is 2.03. The van der Waals surface area contributed by atoms with Gasteiger partial charge in [0, 0.05) is 18.7 Å². The molecule has 0 aromatic rings. The molecule has 0 heterocycles. The highest BCUT2D eigenvalue weighted by molar-refractivity contribution is 7.80. The highest BCUT2D eigenvalue weighted by Gasteiger charge is 1.98. The van der Waals surface area contributed by atoms with Gasteiger partial charge in [-0.15, -0.1) is 0 Å².